The number of nitrogens with zero attached hydrogens (tertiary/aromatic N) is 2. The molecule has 6 heteroatoms. The molecular weight excluding hydrogens is 208 g/mol. The van der Waals surface area contributed by atoms with Gasteiger partial charge in [0.15, 0.2) is 0 Å². The fraction of sp³-hybridized carbons (Fsp3) is 0.500. The van der Waals surface area contributed by atoms with Crippen molar-refractivity contribution in [3.63, 3.8) is 0 Å². The van der Waals surface area contributed by atoms with E-state index in [1.807, 2.05) is 6.92 Å². The van der Waals surface area contributed by atoms with Crippen LogP contribution >= 0.6 is 0 Å². The Bertz CT molecular complexity index is 462. The molecule has 0 aliphatic carbocycles. The van der Waals surface area contributed by atoms with Gasteiger partial charge in [0.2, 0.25) is 11.9 Å². The summed E-state index contributed by atoms with van der Waals surface area (Å²) in [7, 11) is 0. The Labute approximate surface area is 92.5 Å². The molecule has 1 saturated heterocycles. The fourth-order valence-electron chi connectivity index (χ4n) is 1.80. The molecule has 86 valence electrons. The molecule has 2 heterocycles. The van der Waals surface area contributed by atoms with Crippen molar-refractivity contribution in [2.24, 2.45) is 0 Å². The molecule has 0 radical (unpaired) electrons. The van der Waals surface area contributed by atoms with Crippen LogP contribution in [0.25, 0.3) is 0 Å². The predicted molar refractivity (Wildman–Crippen MR) is 58.9 cm³/mol. The van der Waals surface area contributed by atoms with E-state index < -0.39 is 0 Å². The second-order valence-electron chi connectivity index (χ2n) is 3.90. The highest BCUT2D eigenvalue weighted by molar-refractivity contribution is 5.76. The molecule has 1 fully saturated rings. The van der Waals surface area contributed by atoms with Gasteiger partial charge in [-0.3, -0.25) is 14.6 Å². The van der Waals surface area contributed by atoms with E-state index >= 15 is 0 Å². The highest BCUT2D eigenvalue weighted by Crippen LogP contribution is 2.25. The van der Waals surface area contributed by atoms with Crippen LogP contribution in [0.4, 0.5) is 5.95 Å². The molecule has 16 heavy (non-hydrogen) atoms. The van der Waals surface area contributed by atoms with Crippen LogP contribution in [0.1, 0.15) is 25.0 Å². The van der Waals surface area contributed by atoms with Crippen molar-refractivity contribution in [1.29, 1.82) is 0 Å². The van der Waals surface area contributed by atoms with Gasteiger partial charge in [-0.2, -0.15) is 0 Å². The fourth-order valence-corrected chi connectivity index (χ4v) is 1.80. The minimum absolute atomic E-state index is 0.128. The second kappa shape index (κ2) is 3.96. The van der Waals surface area contributed by atoms with E-state index in [-0.39, 0.29) is 23.3 Å². The number of hydrogen-bond acceptors (Lipinski definition) is 4. The van der Waals surface area contributed by atoms with Gasteiger partial charge in [-0.25, -0.2) is 4.98 Å². The molecule has 1 aromatic heterocycles. The number of rotatable bonds is 2. The molecule has 2 rings (SSSR count). The van der Waals surface area contributed by atoms with Gasteiger partial charge in [0, 0.05) is 31.5 Å². The lowest BCUT2D eigenvalue weighted by molar-refractivity contribution is -0.135. The summed E-state index contributed by atoms with van der Waals surface area (Å²) in [4.78, 5) is 30.7. The Morgan fingerprint density at radius 3 is 2.94 bits per heavy atom. The number of aromatic amines is 1. The van der Waals surface area contributed by atoms with Gasteiger partial charge in [0.05, 0.1) is 5.69 Å². The number of anilines is 1. The number of aromatic nitrogens is 2. The molecule has 0 aromatic carbocycles. The summed E-state index contributed by atoms with van der Waals surface area (Å²) < 4.78 is 0. The molecule has 6 nitrogen and oxygen atoms in total. The van der Waals surface area contributed by atoms with Crippen molar-refractivity contribution >= 4 is 11.9 Å². The third kappa shape index (κ3) is 1.91. The Morgan fingerprint density at radius 1 is 1.69 bits per heavy atom. The number of nitrogens with one attached hydrogen (secondary N) is 1. The minimum atomic E-state index is -0.247. The summed E-state index contributed by atoms with van der Waals surface area (Å²) in [6.45, 7) is 3.09. The van der Waals surface area contributed by atoms with Crippen LogP contribution < -0.4 is 11.3 Å². The number of nitrogens with two attached hydrogens (primary N) is 1. The van der Waals surface area contributed by atoms with Crippen molar-refractivity contribution in [3.05, 3.63) is 22.1 Å². The first-order valence-electron chi connectivity index (χ1n) is 5.24. The summed E-state index contributed by atoms with van der Waals surface area (Å²) in [5.74, 6) is 0.400. The zero-order valence-corrected chi connectivity index (χ0v) is 9.06. The monoisotopic (exact) mass is 222 g/mol. The number of carbonyl (C=O) groups is 1. The van der Waals surface area contributed by atoms with Crippen molar-refractivity contribution in [1.82, 2.24) is 14.9 Å². The van der Waals surface area contributed by atoms with E-state index in [0.29, 0.717) is 25.2 Å². The highest BCUT2D eigenvalue weighted by atomic mass is 16.2. The second-order valence-corrected chi connectivity index (χ2v) is 3.90. The Morgan fingerprint density at radius 2 is 2.38 bits per heavy atom. The van der Waals surface area contributed by atoms with Crippen LogP contribution in [0.3, 0.4) is 0 Å². The smallest absolute Gasteiger partial charge is 0.252 e. The predicted octanol–water partition coefficient (Wildman–Crippen LogP) is -0.312. The summed E-state index contributed by atoms with van der Waals surface area (Å²) in [5, 5.41) is 0. The van der Waals surface area contributed by atoms with Gasteiger partial charge in [-0.1, -0.05) is 6.92 Å². The minimum Gasteiger partial charge on any atom is -0.369 e. The van der Waals surface area contributed by atoms with Crippen LogP contribution in [0, 0.1) is 0 Å². The molecule has 0 spiro atoms. The number of nitrogen functional groups attached to an aromatic ring is 1. The largest absolute Gasteiger partial charge is 0.369 e. The van der Waals surface area contributed by atoms with E-state index in [1.165, 1.54) is 6.07 Å². The van der Waals surface area contributed by atoms with Gasteiger partial charge in [-0.05, 0) is 0 Å². The number of H-pyrrole nitrogens is 1. The molecule has 1 aliphatic rings. The molecule has 0 saturated carbocycles. The van der Waals surface area contributed by atoms with E-state index in [1.54, 1.807) is 4.90 Å². The summed E-state index contributed by atoms with van der Waals surface area (Å²) in [5.41, 5.74) is 5.87. The average molecular weight is 222 g/mol. The van der Waals surface area contributed by atoms with E-state index in [2.05, 4.69) is 9.97 Å². The first kappa shape index (κ1) is 10.7. The number of likely N-dealkylation sites (tertiary alicyclic amines) is 1. The molecule has 1 aliphatic heterocycles. The topological polar surface area (TPSA) is 92.1 Å². The molecule has 0 atom stereocenters. The van der Waals surface area contributed by atoms with Crippen LogP contribution in [0.15, 0.2) is 10.9 Å². The van der Waals surface area contributed by atoms with Gasteiger partial charge in [0.25, 0.3) is 5.56 Å². The molecule has 1 aromatic rings. The lowest BCUT2D eigenvalue weighted by Gasteiger charge is -2.38. The average Bonchev–Trinajstić information content (AvgIpc) is 2.13. The maximum atomic E-state index is 11.3. The van der Waals surface area contributed by atoms with Gasteiger partial charge < -0.3 is 10.6 Å². The quantitative estimate of drug-likeness (QED) is 0.717. The van der Waals surface area contributed by atoms with Crippen molar-refractivity contribution < 1.29 is 4.79 Å². The molecule has 0 bridgehead atoms. The SMILES string of the molecule is CCC(=O)N1CC(c2cc(=O)[nH]c(N)n2)C1. The molecular formula is C10H14N4O2. The zero-order valence-electron chi connectivity index (χ0n) is 9.06. The summed E-state index contributed by atoms with van der Waals surface area (Å²) in [6.07, 6.45) is 0.512. The summed E-state index contributed by atoms with van der Waals surface area (Å²) in [6, 6.07) is 1.44. The van der Waals surface area contributed by atoms with Gasteiger partial charge in [-0.15, -0.1) is 0 Å². The van der Waals surface area contributed by atoms with Crippen LogP contribution in [-0.2, 0) is 4.79 Å². The molecule has 3 N–H and O–H groups in total. The van der Waals surface area contributed by atoms with Gasteiger partial charge in [0.1, 0.15) is 0 Å². The van der Waals surface area contributed by atoms with Crippen LogP contribution in [0.2, 0.25) is 0 Å². The van der Waals surface area contributed by atoms with E-state index in [9.17, 15) is 9.59 Å². The van der Waals surface area contributed by atoms with Gasteiger partial charge >= 0.3 is 0 Å². The maximum Gasteiger partial charge on any atom is 0.252 e. The molecule has 0 unspecified atom stereocenters. The Balaban J connectivity index is 2.06. The van der Waals surface area contributed by atoms with Crippen molar-refractivity contribution in [2.75, 3.05) is 18.8 Å². The Kier molecular flexibility index (Phi) is 2.64. The Hall–Kier alpha value is -1.85. The first-order chi connectivity index (χ1) is 7.60. The van der Waals surface area contributed by atoms with Crippen molar-refractivity contribution in [3.8, 4) is 0 Å². The third-order valence-electron chi connectivity index (χ3n) is 2.73. The highest BCUT2D eigenvalue weighted by Gasteiger charge is 2.32. The number of amides is 1. The number of carbonyl (C=O) groups excluding carboxylic acids is 1. The van der Waals surface area contributed by atoms with Crippen LogP contribution in [-0.4, -0.2) is 33.9 Å². The lowest BCUT2D eigenvalue weighted by atomic mass is 9.96. The third-order valence-corrected chi connectivity index (χ3v) is 2.73. The number of hydrogen-bond donors (Lipinski definition) is 2. The molecule has 1 amide bonds. The maximum absolute atomic E-state index is 11.3. The van der Waals surface area contributed by atoms with E-state index in [4.69, 9.17) is 5.73 Å². The zero-order chi connectivity index (χ0) is 11.7. The lowest BCUT2D eigenvalue weighted by Crippen LogP contribution is -2.48. The summed E-state index contributed by atoms with van der Waals surface area (Å²) >= 11 is 0. The normalized spacial score (nSPS) is 15.9. The van der Waals surface area contributed by atoms with E-state index in [0.717, 1.165) is 0 Å². The first-order valence-corrected chi connectivity index (χ1v) is 5.24. The van der Waals surface area contributed by atoms with Crippen molar-refractivity contribution in [2.45, 2.75) is 19.3 Å². The van der Waals surface area contributed by atoms with Crippen LogP contribution in [0.5, 0.6) is 0 Å². The standard InChI is InChI=1S/C10H14N4O2/c1-2-9(16)14-4-6(5-14)7-3-8(15)13-10(11)12-7/h3,6H,2,4-5H2,1H3,(H3,11,12,13,15).